The number of fused-ring (bicyclic) bond motifs is 6. The first-order chi connectivity index (χ1) is 56.1. The molecule has 13 aromatic rings. The van der Waals surface area contributed by atoms with Gasteiger partial charge in [-0.05, 0) is 224 Å². The number of carbonyl (C=O) groups is 2. The molecule has 9 heterocycles. The number of phenolic OH excluding ortho intramolecular Hbond substituents is 1. The lowest BCUT2D eigenvalue weighted by Gasteiger charge is -2.64. The molecule has 1 unspecified atom stereocenters. The number of esters is 1. The second-order valence-electron chi connectivity index (χ2n) is 35.6. The average Bonchev–Trinajstić information content (AvgIpc) is 1.44. The van der Waals surface area contributed by atoms with Gasteiger partial charge in [0.15, 0.2) is 6.29 Å². The molecule has 0 radical (unpaired) electrons. The molecule has 22 rings (SSSR count). The lowest BCUT2D eigenvalue weighted by atomic mass is 9.43. The number of aldehydes is 1. The Kier molecular flexibility index (Phi) is 24.8. The fourth-order valence-electron chi connectivity index (χ4n) is 19.1. The molecule has 9 fully saturated rings. The maximum absolute atomic E-state index is 11.3. The number of rotatable bonds is 11. The predicted molar refractivity (Wildman–Crippen MR) is 471 cm³/mol. The molecule has 3 saturated heterocycles. The minimum Gasteiger partial charge on any atom is -0.507 e. The number of aliphatic hydroxyl groups is 1. The van der Waals surface area contributed by atoms with Crippen LogP contribution in [0.25, 0.3) is 65.8 Å². The second-order valence-corrected chi connectivity index (χ2v) is 36.7. The lowest BCUT2D eigenvalue weighted by Crippen LogP contribution is -2.65. The highest BCUT2D eigenvalue weighted by Crippen LogP contribution is 2.67. The molecule has 7 aromatic carbocycles. The first kappa shape index (κ1) is 85.8. The van der Waals surface area contributed by atoms with Crippen LogP contribution >= 0.6 is 27.5 Å². The maximum Gasteiger partial charge on any atom is 0.477 e. The van der Waals surface area contributed by atoms with Gasteiger partial charge >= 0.3 is 27.3 Å². The number of para-hydroxylation sites is 6. The average molecular weight is 1680 g/mol. The van der Waals surface area contributed by atoms with E-state index in [0.29, 0.717) is 52.8 Å². The van der Waals surface area contributed by atoms with Crippen LogP contribution in [-0.4, -0.2) is 90.8 Å². The molecule has 4 bridgehead atoms. The number of aryl methyl sites for hydroxylation is 7. The van der Waals surface area contributed by atoms with Gasteiger partial charge in [0.1, 0.15) is 51.1 Å². The summed E-state index contributed by atoms with van der Waals surface area (Å²) >= 11 is 10.2. The third-order valence-corrected chi connectivity index (χ3v) is 28.0. The number of aliphatic hydroxyl groups excluding tert-OH is 1. The number of halogens is 2. The molecule has 6 aromatic heterocycles. The molecule has 0 amide bonds. The molecule has 22 heteroatoms. The van der Waals surface area contributed by atoms with Crippen molar-refractivity contribution in [3.8, 4) is 5.75 Å². The molecule has 2 N–H and O–H groups in total. The zero-order chi connectivity index (χ0) is 84.3. The van der Waals surface area contributed by atoms with Crippen molar-refractivity contribution < 1.29 is 79.0 Å². The fourth-order valence-corrected chi connectivity index (χ4v) is 19.8. The smallest absolute Gasteiger partial charge is 0.477 e. The Labute approximate surface area is 706 Å². The van der Waals surface area contributed by atoms with Crippen molar-refractivity contribution in [2.45, 2.75) is 214 Å². The van der Waals surface area contributed by atoms with Crippen molar-refractivity contribution in [1.29, 1.82) is 0 Å². The van der Waals surface area contributed by atoms with Gasteiger partial charge in [0.25, 0.3) is 0 Å². The molecule has 3 aliphatic heterocycles. The summed E-state index contributed by atoms with van der Waals surface area (Å²) in [6.07, 6.45) is 18.4. The summed E-state index contributed by atoms with van der Waals surface area (Å²) in [6, 6.07) is 41.5. The van der Waals surface area contributed by atoms with Gasteiger partial charge in [0, 0.05) is 61.4 Å². The maximum atomic E-state index is 11.3. The van der Waals surface area contributed by atoms with Crippen molar-refractivity contribution >= 4 is 127 Å². The van der Waals surface area contributed by atoms with Crippen LogP contribution in [-0.2, 0) is 63.7 Å². The SMILES string of the molecule is COC(=O)c1coc2c(C)cccc12.Cc1cccc(C=O)c1O.Cc1cccc2c(CB3OC(C)(C)C(C)(C)O3)coc12.Cc1cccc2c(CB3OC4C[C@@H]5C[C@@H](C5(C)C)[C@]4(C)O3)coc12.Cc1cccc2c(CBr)coc12.Cc1cccc2c(CO)coc12.Cc1cccc2occ(C[C@@H](Cl)B3O[C@@H]4C[C@@H]5C[C@@H](C5(C)C)[C@]4(C)O3)c12. The Morgan fingerprint density at radius 2 is 0.898 bits per heavy atom. The van der Waals surface area contributed by atoms with Gasteiger partial charge in [0.05, 0.1) is 90.5 Å². The molecule has 618 valence electrons. The molecule has 17 nitrogen and oxygen atoms in total. The van der Waals surface area contributed by atoms with Crippen LogP contribution in [0, 0.1) is 83.0 Å². The van der Waals surface area contributed by atoms with Gasteiger partial charge in [-0.2, -0.15) is 0 Å². The number of ether oxygens (including phenoxy) is 1. The van der Waals surface area contributed by atoms with Gasteiger partial charge in [-0.1, -0.05) is 159 Å². The van der Waals surface area contributed by atoms with Crippen LogP contribution in [0.15, 0.2) is 191 Å². The molecule has 9 aliphatic rings. The second kappa shape index (κ2) is 34.1. The van der Waals surface area contributed by atoms with E-state index in [1.165, 1.54) is 70.2 Å². The fraction of sp³-hybridized carbons (Fsp3) is 0.417. The minimum atomic E-state index is -0.366. The van der Waals surface area contributed by atoms with Crippen LogP contribution in [0.2, 0.25) is 0 Å². The minimum absolute atomic E-state index is 0.0381. The molecule has 118 heavy (non-hydrogen) atoms. The number of hydrogen-bond donors (Lipinski definition) is 2. The van der Waals surface area contributed by atoms with E-state index in [0.717, 1.165) is 125 Å². The molecular weight excluding hydrogens is 1570 g/mol. The highest BCUT2D eigenvalue weighted by atomic mass is 79.9. The monoisotopic (exact) mass is 1680 g/mol. The zero-order valence-corrected chi connectivity index (χ0v) is 73.4. The Bertz CT molecular complexity index is 5690. The van der Waals surface area contributed by atoms with E-state index in [9.17, 15) is 9.59 Å². The van der Waals surface area contributed by atoms with E-state index in [2.05, 4.69) is 178 Å². The normalized spacial score (nSPS) is 23.1. The van der Waals surface area contributed by atoms with Gasteiger partial charge in [-0.25, -0.2) is 4.79 Å². The quantitative estimate of drug-likeness (QED) is 0.0532. The lowest BCUT2D eigenvalue weighted by molar-refractivity contribution is -0.199. The standard InChI is InChI=1S/C21H26BClO3.C20H25BO3.C16H21BO3.C11H10O3.C10H9BrO.C10H10O2.C8H8O2/c1-12-6-5-7-15-19(12)13(11-24-15)8-18(23)22-25-17-10-14-9-16(20(14,2)3)21(17,4)26-22;1-12-6-5-7-15-13(11-22-18(12)15)10-21-23-17-9-14-8-16(19(14,2)3)20(17,4)24-21;1-11-7-6-8-13-12(10-18-14(11)13)9-17-19-15(2,3)16(4,5)20-17;1-7-4-3-5-8-9(11(12)13-2)6-14-10(7)8;2*1-7-3-2-4-9-8(5-11)6-12-10(7)9;1-6-3-2-4-7(5-9)8(6)10/h5-7,11,14,16-18H,8-10H2,1-4H3;5-7,11,14,16-17H,8-10H2,1-4H3;6-8,10H,9H2,1-5H3;3-6H,1-2H3;2-4,6H,5H2,1H3;2-4,6,11H,5H2,1H3;2-5,10H,1H3/t14-,16-,17+,18+,21-;14-,16-,17?,20-;;;;;/m00...../s1. The first-order valence-electron chi connectivity index (χ1n) is 41.0. The molecule has 6 aliphatic carbocycles. The van der Waals surface area contributed by atoms with E-state index in [1.807, 2.05) is 87.4 Å². The molecule has 0 spiro atoms. The highest BCUT2D eigenvalue weighted by molar-refractivity contribution is 9.08. The summed E-state index contributed by atoms with van der Waals surface area (Å²) in [7, 11) is 0.630. The third-order valence-electron chi connectivity index (χ3n) is 27.1. The Balaban J connectivity index is 0.000000116. The molecule has 6 saturated carbocycles. The van der Waals surface area contributed by atoms with Gasteiger partial charge < -0.3 is 69.4 Å². The first-order valence-corrected chi connectivity index (χ1v) is 42.6. The van der Waals surface area contributed by atoms with Crippen LogP contribution in [0.5, 0.6) is 5.75 Å². The van der Waals surface area contributed by atoms with Crippen LogP contribution in [0.1, 0.15) is 182 Å². The van der Waals surface area contributed by atoms with Crippen molar-refractivity contribution in [2.75, 3.05) is 7.11 Å². The molecular formula is C96H109B3BrClO17. The van der Waals surface area contributed by atoms with Crippen molar-refractivity contribution in [2.24, 2.45) is 34.5 Å². The van der Waals surface area contributed by atoms with Crippen molar-refractivity contribution in [3.63, 3.8) is 0 Å². The largest absolute Gasteiger partial charge is 0.507 e. The number of aromatic hydroxyl groups is 1. The van der Waals surface area contributed by atoms with Crippen molar-refractivity contribution in [1.82, 2.24) is 0 Å². The Morgan fingerprint density at radius 1 is 0.492 bits per heavy atom. The van der Waals surface area contributed by atoms with E-state index >= 15 is 0 Å². The number of alkyl halides is 2. The van der Waals surface area contributed by atoms with E-state index in [4.69, 9.17) is 76.2 Å². The number of carbonyl (C=O) groups excluding carboxylic acids is 2. The van der Waals surface area contributed by atoms with E-state index in [1.54, 1.807) is 31.4 Å². The summed E-state index contributed by atoms with van der Waals surface area (Å²) in [5.74, 6) is 2.43. The number of furan rings is 6. The summed E-state index contributed by atoms with van der Waals surface area (Å²) in [5.41, 5.74) is 19.3. The third kappa shape index (κ3) is 16.4. The summed E-state index contributed by atoms with van der Waals surface area (Å²) in [4.78, 5) is 21.5. The zero-order valence-electron chi connectivity index (χ0n) is 71.1. The number of hydrogen-bond acceptors (Lipinski definition) is 17. The van der Waals surface area contributed by atoms with Gasteiger partial charge in [0.2, 0.25) is 0 Å². The van der Waals surface area contributed by atoms with Gasteiger partial charge in [-0.15, -0.1) is 11.6 Å². The summed E-state index contributed by atoms with van der Waals surface area (Å²) < 4.78 is 75.7. The summed E-state index contributed by atoms with van der Waals surface area (Å²) in [5, 5.41) is 25.3. The Hall–Kier alpha value is -8.60. The van der Waals surface area contributed by atoms with E-state index < -0.39 is 0 Å². The predicted octanol–water partition coefficient (Wildman–Crippen LogP) is 23.5. The number of benzene rings is 7. The van der Waals surface area contributed by atoms with Gasteiger partial charge in [-0.3, -0.25) is 4.79 Å². The summed E-state index contributed by atoms with van der Waals surface area (Å²) in [6.45, 7) is 36.4. The topological polar surface area (TPSA) is 218 Å². The van der Waals surface area contributed by atoms with Crippen molar-refractivity contribution in [3.05, 3.63) is 243 Å². The molecule has 9 atom stereocenters. The van der Waals surface area contributed by atoms with Crippen LogP contribution in [0.3, 0.4) is 0 Å². The van der Waals surface area contributed by atoms with Crippen LogP contribution in [0.4, 0.5) is 0 Å². The van der Waals surface area contributed by atoms with Crippen LogP contribution < -0.4 is 0 Å². The Morgan fingerprint density at radius 3 is 1.38 bits per heavy atom. The number of phenols is 1. The highest BCUT2D eigenvalue weighted by Gasteiger charge is 2.69. The van der Waals surface area contributed by atoms with E-state index in [-0.39, 0.29) is 79.6 Å². The number of methoxy groups -OCH3 is 1.